The van der Waals surface area contributed by atoms with Crippen LogP contribution >= 0.6 is 0 Å². The van der Waals surface area contributed by atoms with Crippen molar-refractivity contribution in [1.29, 1.82) is 0 Å². The lowest BCUT2D eigenvalue weighted by Gasteiger charge is -2.45. The monoisotopic (exact) mass is 396 g/mol. The molecule has 0 N–H and O–H groups in total. The molecule has 1 aromatic rings. The van der Waals surface area contributed by atoms with E-state index in [1.54, 1.807) is 7.11 Å². The molecule has 4 atom stereocenters. The summed E-state index contributed by atoms with van der Waals surface area (Å²) < 4.78 is 11.9. The van der Waals surface area contributed by atoms with Crippen LogP contribution in [0.4, 0.5) is 0 Å². The van der Waals surface area contributed by atoms with Crippen molar-refractivity contribution < 1.29 is 14.3 Å². The first-order valence-corrected chi connectivity index (χ1v) is 10.9. The molecule has 158 valence electrons. The molecule has 0 spiro atoms. The zero-order chi connectivity index (χ0) is 21.2. The Balaban J connectivity index is 1.88. The fourth-order valence-electron chi connectivity index (χ4n) is 5.12. The molecule has 3 heteroatoms. The maximum Gasteiger partial charge on any atom is 0.323 e. The van der Waals surface area contributed by atoms with Gasteiger partial charge in [0, 0.05) is 5.92 Å². The van der Waals surface area contributed by atoms with Gasteiger partial charge in [-0.3, -0.25) is 4.79 Å². The summed E-state index contributed by atoms with van der Waals surface area (Å²) in [4.78, 5) is 13.5. The summed E-state index contributed by atoms with van der Waals surface area (Å²) in [7, 11) is 1.64. The average Bonchev–Trinajstić information content (AvgIpc) is 2.70. The van der Waals surface area contributed by atoms with Gasteiger partial charge in [0.05, 0.1) is 7.11 Å². The Hall–Kier alpha value is -2.03. The quantitative estimate of drug-likeness (QED) is 0.439. The predicted octanol–water partition coefficient (Wildman–Crippen LogP) is 6.20. The van der Waals surface area contributed by atoms with E-state index in [0.29, 0.717) is 11.7 Å². The number of carbonyl (C=O) groups is 1. The molecule has 0 aliphatic heterocycles. The van der Waals surface area contributed by atoms with Crippen molar-refractivity contribution >= 4 is 5.97 Å². The van der Waals surface area contributed by atoms with Crippen LogP contribution in [0.25, 0.3) is 0 Å². The Labute approximate surface area is 176 Å². The maximum atomic E-state index is 13.5. The van der Waals surface area contributed by atoms with Gasteiger partial charge in [-0.25, -0.2) is 0 Å². The SMILES string of the molecule is COC1=CCC=C(C)C1(C)C(=O)O[C@@H]1C[C@H](C)CC[C@H]1C(C)(C)c1ccccc1. The van der Waals surface area contributed by atoms with Gasteiger partial charge in [-0.1, -0.05) is 69.2 Å². The normalized spacial score (nSPS) is 30.2. The maximum absolute atomic E-state index is 13.5. The second-order valence-corrected chi connectivity index (χ2v) is 9.58. The van der Waals surface area contributed by atoms with E-state index in [1.165, 1.54) is 12.0 Å². The fourth-order valence-corrected chi connectivity index (χ4v) is 5.12. The molecule has 0 saturated heterocycles. The first kappa shape index (κ1) is 21.7. The fraction of sp³-hybridized carbons (Fsp3) is 0.577. The number of allylic oxidation sites excluding steroid dienone is 2. The Morgan fingerprint density at radius 3 is 2.48 bits per heavy atom. The van der Waals surface area contributed by atoms with Gasteiger partial charge in [0.1, 0.15) is 17.3 Å². The minimum Gasteiger partial charge on any atom is -0.500 e. The van der Waals surface area contributed by atoms with Crippen LogP contribution in [-0.4, -0.2) is 19.2 Å². The van der Waals surface area contributed by atoms with Gasteiger partial charge < -0.3 is 9.47 Å². The summed E-state index contributed by atoms with van der Waals surface area (Å²) in [5, 5.41) is 0. The van der Waals surface area contributed by atoms with Crippen LogP contribution in [0.15, 0.2) is 53.8 Å². The molecule has 3 rings (SSSR count). The second kappa shape index (κ2) is 8.38. The van der Waals surface area contributed by atoms with Crippen molar-refractivity contribution in [2.45, 2.75) is 71.8 Å². The topological polar surface area (TPSA) is 35.5 Å². The summed E-state index contributed by atoms with van der Waals surface area (Å²) in [6, 6.07) is 10.6. The van der Waals surface area contributed by atoms with Crippen molar-refractivity contribution in [3.05, 3.63) is 59.4 Å². The van der Waals surface area contributed by atoms with Gasteiger partial charge in [0.15, 0.2) is 0 Å². The molecule has 1 unspecified atom stereocenters. The summed E-state index contributed by atoms with van der Waals surface area (Å²) >= 11 is 0. The van der Waals surface area contributed by atoms with Crippen molar-refractivity contribution in [2.75, 3.05) is 7.11 Å². The van der Waals surface area contributed by atoms with Crippen molar-refractivity contribution in [2.24, 2.45) is 17.3 Å². The molecule has 29 heavy (non-hydrogen) atoms. The van der Waals surface area contributed by atoms with Crippen LogP contribution in [0.3, 0.4) is 0 Å². The number of hydrogen-bond donors (Lipinski definition) is 0. The molecule has 1 aromatic carbocycles. The molecule has 1 saturated carbocycles. The Bertz CT molecular complexity index is 789. The summed E-state index contributed by atoms with van der Waals surface area (Å²) in [5.74, 6) is 1.36. The van der Waals surface area contributed by atoms with Crippen molar-refractivity contribution in [3.8, 4) is 0 Å². The van der Waals surface area contributed by atoms with Crippen LogP contribution in [0.2, 0.25) is 0 Å². The lowest BCUT2D eigenvalue weighted by Crippen LogP contribution is -2.46. The minimum absolute atomic E-state index is 0.0649. The third kappa shape index (κ3) is 4.01. The zero-order valence-corrected chi connectivity index (χ0v) is 18.8. The van der Waals surface area contributed by atoms with Crippen molar-refractivity contribution in [3.63, 3.8) is 0 Å². The number of ether oxygens (including phenoxy) is 2. The van der Waals surface area contributed by atoms with E-state index in [-0.39, 0.29) is 23.4 Å². The highest BCUT2D eigenvalue weighted by atomic mass is 16.5. The molecule has 1 fully saturated rings. The molecule has 3 nitrogen and oxygen atoms in total. The van der Waals surface area contributed by atoms with Crippen molar-refractivity contribution in [1.82, 2.24) is 0 Å². The number of rotatable bonds is 5. The summed E-state index contributed by atoms with van der Waals surface area (Å²) in [5.41, 5.74) is 1.40. The number of carbonyl (C=O) groups excluding carboxylic acids is 1. The number of benzene rings is 1. The Kier molecular flexibility index (Phi) is 6.26. The predicted molar refractivity (Wildman–Crippen MR) is 117 cm³/mol. The molecule has 0 amide bonds. The van der Waals surface area contributed by atoms with Crippen LogP contribution < -0.4 is 0 Å². The standard InChI is InChI=1S/C26H36O3/c1-18-15-16-21(25(3,4)20-12-8-7-9-13-20)22(17-18)29-24(27)26(5)19(2)11-10-14-23(26)28-6/h7-9,11-14,18,21-22H,10,15-17H2,1-6H3/t18-,21-,22-,26?/m1/s1. The highest BCUT2D eigenvalue weighted by Crippen LogP contribution is 2.46. The van der Waals surface area contributed by atoms with Gasteiger partial charge in [-0.05, 0) is 56.1 Å². The third-order valence-corrected chi connectivity index (χ3v) is 7.39. The number of esters is 1. The molecule has 0 aromatic heterocycles. The van der Waals surface area contributed by atoms with E-state index in [0.717, 1.165) is 24.8 Å². The van der Waals surface area contributed by atoms with E-state index in [9.17, 15) is 4.79 Å². The van der Waals surface area contributed by atoms with Gasteiger partial charge in [0.25, 0.3) is 0 Å². The molecule has 0 radical (unpaired) electrons. The number of methoxy groups -OCH3 is 1. The first-order valence-electron chi connectivity index (χ1n) is 10.9. The van der Waals surface area contributed by atoms with E-state index < -0.39 is 5.41 Å². The Morgan fingerprint density at radius 1 is 1.14 bits per heavy atom. The highest BCUT2D eigenvalue weighted by molar-refractivity contribution is 5.84. The minimum atomic E-state index is -0.838. The van der Waals surface area contributed by atoms with Gasteiger partial charge >= 0.3 is 5.97 Å². The van der Waals surface area contributed by atoms with Crippen LogP contribution in [0.5, 0.6) is 0 Å². The van der Waals surface area contributed by atoms with E-state index in [4.69, 9.17) is 9.47 Å². The van der Waals surface area contributed by atoms with Crippen LogP contribution in [0, 0.1) is 17.3 Å². The molecular weight excluding hydrogens is 360 g/mol. The lowest BCUT2D eigenvalue weighted by molar-refractivity contribution is -0.165. The second-order valence-electron chi connectivity index (χ2n) is 9.58. The van der Waals surface area contributed by atoms with Gasteiger partial charge in [-0.2, -0.15) is 0 Å². The van der Waals surface area contributed by atoms with E-state index in [2.05, 4.69) is 57.2 Å². The van der Waals surface area contributed by atoms with Gasteiger partial charge in [-0.15, -0.1) is 0 Å². The summed E-state index contributed by atoms with van der Waals surface area (Å²) in [6.45, 7) is 10.8. The molecule has 2 aliphatic rings. The lowest BCUT2D eigenvalue weighted by atomic mass is 9.64. The molecule has 2 aliphatic carbocycles. The largest absolute Gasteiger partial charge is 0.500 e. The number of hydrogen-bond acceptors (Lipinski definition) is 3. The van der Waals surface area contributed by atoms with Crippen LogP contribution in [-0.2, 0) is 19.7 Å². The first-order chi connectivity index (χ1) is 13.7. The van der Waals surface area contributed by atoms with Crippen LogP contribution in [0.1, 0.15) is 65.9 Å². The van der Waals surface area contributed by atoms with E-state index >= 15 is 0 Å². The molecule has 0 bridgehead atoms. The zero-order valence-electron chi connectivity index (χ0n) is 18.8. The average molecular weight is 397 g/mol. The molecule has 0 heterocycles. The highest BCUT2D eigenvalue weighted by Gasteiger charge is 2.47. The van der Waals surface area contributed by atoms with E-state index in [1.807, 2.05) is 19.9 Å². The summed E-state index contributed by atoms with van der Waals surface area (Å²) in [6.07, 6.45) is 7.95. The smallest absolute Gasteiger partial charge is 0.323 e. The molecular formula is C26H36O3. The third-order valence-electron chi connectivity index (χ3n) is 7.39. The Morgan fingerprint density at radius 2 is 1.83 bits per heavy atom. The van der Waals surface area contributed by atoms with Gasteiger partial charge in [0.2, 0.25) is 0 Å².